The molecule has 0 aliphatic heterocycles. The molecule has 0 atom stereocenters. The fourth-order valence-electron chi connectivity index (χ4n) is 0.736. The van der Waals surface area contributed by atoms with Gasteiger partial charge in [0.1, 0.15) is 4.90 Å². The maximum Gasteiger partial charge on any atom is 0.337 e. The van der Waals surface area contributed by atoms with E-state index in [-0.39, 0.29) is 14.2 Å². The second-order valence-electron chi connectivity index (χ2n) is 2.10. The fraction of sp³-hybridized carbons (Fsp3) is 0. The average Bonchev–Trinajstić information content (AvgIpc) is 2.28. The van der Waals surface area contributed by atoms with E-state index in [2.05, 4.69) is 15.9 Å². The van der Waals surface area contributed by atoms with Gasteiger partial charge in [-0.2, -0.15) is 0 Å². The third kappa shape index (κ3) is 2.08. The van der Waals surface area contributed by atoms with Crippen molar-refractivity contribution in [2.24, 2.45) is 5.14 Å². The smallest absolute Gasteiger partial charge is 0.337 e. The summed E-state index contributed by atoms with van der Waals surface area (Å²) >= 11 is 3.88. The summed E-state index contributed by atoms with van der Waals surface area (Å²) in [6.45, 7) is 0. The Morgan fingerprint density at radius 1 is 1.62 bits per heavy atom. The average molecular weight is 286 g/mol. The molecule has 0 saturated heterocycles. The molecule has 1 rings (SSSR count). The summed E-state index contributed by atoms with van der Waals surface area (Å²) in [4.78, 5) is 10.2. The molecular weight excluding hydrogens is 282 g/mol. The Balaban J connectivity index is 3.51. The molecule has 3 N–H and O–H groups in total. The molecule has 0 aromatic carbocycles. The predicted octanol–water partition coefficient (Wildman–Crippen LogP) is 0.856. The molecule has 5 nitrogen and oxygen atoms in total. The molecule has 0 radical (unpaired) electrons. The van der Waals surface area contributed by atoms with Gasteiger partial charge in [-0.05, 0) is 15.9 Å². The Morgan fingerprint density at radius 3 is 2.46 bits per heavy atom. The number of carboxylic acids is 1. The van der Waals surface area contributed by atoms with Crippen molar-refractivity contribution in [3.8, 4) is 0 Å². The molecule has 0 unspecified atom stereocenters. The van der Waals surface area contributed by atoms with E-state index in [0.717, 1.165) is 11.3 Å². The Labute approximate surface area is 86.4 Å². The van der Waals surface area contributed by atoms with Crippen molar-refractivity contribution in [2.45, 2.75) is 4.90 Å². The summed E-state index contributed by atoms with van der Waals surface area (Å²) in [5, 5.41) is 14.6. The highest BCUT2D eigenvalue weighted by Gasteiger charge is 2.24. The molecule has 1 aromatic rings. The van der Waals surface area contributed by atoms with Crippen LogP contribution in [0.3, 0.4) is 0 Å². The van der Waals surface area contributed by atoms with Gasteiger partial charge in [-0.1, -0.05) is 0 Å². The van der Waals surface area contributed by atoms with Crippen LogP contribution in [0.25, 0.3) is 0 Å². The van der Waals surface area contributed by atoms with E-state index in [1.165, 1.54) is 5.38 Å². The maximum absolute atomic E-state index is 10.9. The summed E-state index contributed by atoms with van der Waals surface area (Å²) < 4.78 is 22.1. The van der Waals surface area contributed by atoms with E-state index >= 15 is 0 Å². The van der Waals surface area contributed by atoms with Gasteiger partial charge in [0, 0.05) is 5.38 Å². The van der Waals surface area contributed by atoms with Crippen LogP contribution in [0.15, 0.2) is 14.1 Å². The van der Waals surface area contributed by atoms with Gasteiger partial charge >= 0.3 is 5.97 Å². The van der Waals surface area contributed by atoms with E-state index in [9.17, 15) is 13.2 Å². The molecule has 0 amide bonds. The van der Waals surface area contributed by atoms with Crippen molar-refractivity contribution in [1.82, 2.24) is 0 Å². The second-order valence-corrected chi connectivity index (χ2v) is 5.80. The van der Waals surface area contributed by atoms with Crippen LogP contribution in [0.4, 0.5) is 0 Å². The number of sulfonamides is 1. The first-order chi connectivity index (χ1) is 5.84. The number of halogens is 1. The molecule has 0 aliphatic carbocycles. The summed E-state index contributed by atoms with van der Waals surface area (Å²) in [6, 6.07) is 0. The molecule has 0 fully saturated rings. The number of nitrogens with two attached hydrogens (primary N) is 1. The predicted molar refractivity (Wildman–Crippen MR) is 50.4 cm³/mol. The zero-order chi connectivity index (χ0) is 10.2. The Kier molecular flexibility index (Phi) is 2.76. The summed E-state index contributed by atoms with van der Waals surface area (Å²) in [7, 11) is -3.98. The van der Waals surface area contributed by atoms with Crippen LogP contribution >= 0.6 is 27.3 Å². The highest BCUT2D eigenvalue weighted by atomic mass is 79.9. The fourth-order valence-corrected chi connectivity index (χ4v) is 3.81. The molecule has 13 heavy (non-hydrogen) atoms. The van der Waals surface area contributed by atoms with Crippen LogP contribution in [-0.4, -0.2) is 19.5 Å². The van der Waals surface area contributed by atoms with Crippen molar-refractivity contribution >= 4 is 43.3 Å². The first-order valence-corrected chi connectivity index (χ1v) is 6.09. The molecule has 1 heterocycles. The Hall–Kier alpha value is -0.440. The van der Waals surface area contributed by atoms with E-state index in [0.29, 0.717) is 0 Å². The van der Waals surface area contributed by atoms with Crippen molar-refractivity contribution in [3.05, 3.63) is 14.7 Å². The number of hydrogen-bond donors (Lipinski definition) is 2. The van der Waals surface area contributed by atoms with Gasteiger partial charge in [0.05, 0.1) is 9.35 Å². The Morgan fingerprint density at radius 2 is 2.15 bits per heavy atom. The number of carbonyl (C=O) groups is 1. The lowest BCUT2D eigenvalue weighted by molar-refractivity contribution is 0.0693. The lowest BCUT2D eigenvalue weighted by atomic mass is 10.3. The van der Waals surface area contributed by atoms with Gasteiger partial charge in [0.15, 0.2) is 0 Å². The lowest BCUT2D eigenvalue weighted by Crippen LogP contribution is -2.15. The SMILES string of the molecule is NS(=O)(=O)c1c(C(=O)O)csc1Br. The third-order valence-electron chi connectivity index (χ3n) is 1.22. The van der Waals surface area contributed by atoms with Crippen LogP contribution in [-0.2, 0) is 10.0 Å². The van der Waals surface area contributed by atoms with Crippen molar-refractivity contribution in [3.63, 3.8) is 0 Å². The van der Waals surface area contributed by atoms with Crippen LogP contribution in [0.2, 0.25) is 0 Å². The third-order valence-corrected chi connectivity index (χ3v) is 4.32. The van der Waals surface area contributed by atoms with Crippen molar-refractivity contribution in [2.75, 3.05) is 0 Å². The normalized spacial score (nSPS) is 11.5. The minimum atomic E-state index is -3.98. The van der Waals surface area contributed by atoms with Crippen LogP contribution in [0, 0.1) is 0 Å². The highest BCUT2D eigenvalue weighted by molar-refractivity contribution is 9.11. The molecule has 72 valence electrons. The number of carboxylic acid groups (broad SMARTS) is 1. The molecule has 0 spiro atoms. The molecule has 0 saturated carbocycles. The molecule has 0 bridgehead atoms. The summed E-state index contributed by atoms with van der Waals surface area (Å²) in [5.41, 5.74) is -0.306. The van der Waals surface area contributed by atoms with Crippen LogP contribution < -0.4 is 5.14 Å². The van der Waals surface area contributed by atoms with Gasteiger partial charge in [-0.15, -0.1) is 11.3 Å². The second kappa shape index (κ2) is 3.37. The standard InChI is InChI=1S/C5H4BrNO4S2/c6-4-3(13(7,10)11)2(1-12-4)5(8)9/h1H,(H,8,9)(H2,7,10,11). The first-order valence-electron chi connectivity index (χ1n) is 2.87. The van der Waals surface area contributed by atoms with Gasteiger partial charge in [-0.3, -0.25) is 0 Å². The van der Waals surface area contributed by atoms with Gasteiger partial charge in [0.25, 0.3) is 0 Å². The molecule has 1 aromatic heterocycles. The molecule has 8 heteroatoms. The number of hydrogen-bond acceptors (Lipinski definition) is 4. The van der Waals surface area contributed by atoms with Crippen molar-refractivity contribution < 1.29 is 18.3 Å². The van der Waals surface area contributed by atoms with Gasteiger partial charge in [0.2, 0.25) is 10.0 Å². The summed E-state index contributed by atoms with van der Waals surface area (Å²) in [6.07, 6.45) is 0. The number of rotatable bonds is 2. The zero-order valence-corrected chi connectivity index (χ0v) is 9.24. The first kappa shape index (κ1) is 10.6. The monoisotopic (exact) mass is 285 g/mol. The highest BCUT2D eigenvalue weighted by Crippen LogP contribution is 2.31. The van der Waals surface area contributed by atoms with Gasteiger partial charge in [-0.25, -0.2) is 18.4 Å². The molecular formula is C5H4BrNO4S2. The number of primary sulfonamides is 1. The Bertz CT molecular complexity index is 449. The molecule has 0 aliphatic rings. The maximum atomic E-state index is 10.9. The quantitative estimate of drug-likeness (QED) is 0.842. The minimum absolute atomic E-state index is 0.201. The number of aromatic carboxylic acids is 1. The van der Waals surface area contributed by atoms with Crippen molar-refractivity contribution in [1.29, 1.82) is 0 Å². The van der Waals surface area contributed by atoms with Crippen LogP contribution in [0.5, 0.6) is 0 Å². The largest absolute Gasteiger partial charge is 0.478 e. The van der Waals surface area contributed by atoms with E-state index in [1.807, 2.05) is 0 Å². The minimum Gasteiger partial charge on any atom is -0.478 e. The van der Waals surface area contributed by atoms with Gasteiger partial charge < -0.3 is 5.11 Å². The van der Waals surface area contributed by atoms with Crippen LogP contribution in [0.1, 0.15) is 10.4 Å². The summed E-state index contributed by atoms with van der Waals surface area (Å²) in [5.74, 6) is -1.31. The number of thiophene rings is 1. The lowest BCUT2D eigenvalue weighted by Gasteiger charge is -1.96. The van der Waals surface area contributed by atoms with E-state index in [4.69, 9.17) is 10.2 Å². The van der Waals surface area contributed by atoms with E-state index < -0.39 is 16.0 Å². The van der Waals surface area contributed by atoms with E-state index in [1.54, 1.807) is 0 Å². The topological polar surface area (TPSA) is 97.5 Å². The zero-order valence-electron chi connectivity index (χ0n) is 6.02.